The Morgan fingerprint density at radius 2 is 1.94 bits per heavy atom. The van der Waals surface area contributed by atoms with E-state index in [4.69, 9.17) is 9.84 Å². The molecule has 3 heteroatoms. The summed E-state index contributed by atoms with van der Waals surface area (Å²) in [5.74, 6) is 0.911. The maximum atomic E-state index is 8.69. The standard InChI is InChI=1S/C15H25NO2/c1-13(16-11-3-4-12-17)5-6-14-7-9-15(18-2)10-8-14/h7-10,13,16-17H,3-6,11-12H2,1-2H3. The van der Waals surface area contributed by atoms with E-state index in [9.17, 15) is 0 Å². The molecule has 0 radical (unpaired) electrons. The van der Waals surface area contributed by atoms with E-state index in [0.29, 0.717) is 12.6 Å². The lowest BCUT2D eigenvalue weighted by Crippen LogP contribution is -2.27. The molecule has 1 atom stereocenters. The first kappa shape index (κ1) is 15.0. The van der Waals surface area contributed by atoms with Crippen LogP contribution < -0.4 is 10.1 Å². The van der Waals surface area contributed by atoms with E-state index in [1.165, 1.54) is 5.56 Å². The summed E-state index contributed by atoms with van der Waals surface area (Å²) in [5.41, 5.74) is 1.35. The van der Waals surface area contributed by atoms with Gasteiger partial charge in [0.05, 0.1) is 7.11 Å². The average Bonchev–Trinajstić information content (AvgIpc) is 2.42. The number of aliphatic hydroxyl groups is 1. The van der Waals surface area contributed by atoms with Crippen LogP contribution >= 0.6 is 0 Å². The summed E-state index contributed by atoms with van der Waals surface area (Å²) < 4.78 is 5.14. The highest BCUT2D eigenvalue weighted by Gasteiger charge is 2.02. The maximum Gasteiger partial charge on any atom is 0.118 e. The molecule has 0 amide bonds. The minimum atomic E-state index is 0.294. The van der Waals surface area contributed by atoms with Crippen LogP contribution in [0.2, 0.25) is 0 Å². The van der Waals surface area contributed by atoms with E-state index in [1.54, 1.807) is 7.11 Å². The van der Waals surface area contributed by atoms with Crippen LogP contribution in [0.4, 0.5) is 0 Å². The van der Waals surface area contributed by atoms with E-state index < -0.39 is 0 Å². The zero-order valence-corrected chi connectivity index (χ0v) is 11.5. The number of hydrogen-bond acceptors (Lipinski definition) is 3. The molecule has 2 N–H and O–H groups in total. The molecule has 102 valence electrons. The van der Waals surface area contributed by atoms with Crippen molar-refractivity contribution in [2.24, 2.45) is 0 Å². The molecule has 1 unspecified atom stereocenters. The van der Waals surface area contributed by atoms with Crippen molar-refractivity contribution in [1.82, 2.24) is 5.32 Å². The molecular weight excluding hydrogens is 226 g/mol. The molecule has 0 saturated heterocycles. The summed E-state index contributed by atoms with van der Waals surface area (Å²) in [5, 5.41) is 12.2. The second-order valence-electron chi connectivity index (χ2n) is 4.67. The van der Waals surface area contributed by atoms with Crippen molar-refractivity contribution in [1.29, 1.82) is 0 Å². The van der Waals surface area contributed by atoms with Gasteiger partial charge in [0.1, 0.15) is 5.75 Å². The van der Waals surface area contributed by atoms with Gasteiger partial charge in [-0.05, 0) is 56.8 Å². The van der Waals surface area contributed by atoms with Crippen molar-refractivity contribution < 1.29 is 9.84 Å². The predicted octanol–water partition coefficient (Wildman–Crippen LogP) is 2.38. The molecule has 3 nitrogen and oxygen atoms in total. The third-order valence-corrected chi connectivity index (χ3v) is 3.10. The Hall–Kier alpha value is -1.06. The third-order valence-electron chi connectivity index (χ3n) is 3.10. The molecule has 0 heterocycles. The predicted molar refractivity (Wildman–Crippen MR) is 75.1 cm³/mol. The van der Waals surface area contributed by atoms with Crippen LogP contribution in [0, 0.1) is 0 Å². The molecule has 0 aromatic heterocycles. The van der Waals surface area contributed by atoms with Gasteiger partial charge in [-0.2, -0.15) is 0 Å². The van der Waals surface area contributed by atoms with Crippen LogP contribution in [0.5, 0.6) is 5.75 Å². The Morgan fingerprint density at radius 1 is 1.22 bits per heavy atom. The second kappa shape index (κ2) is 8.95. The minimum absolute atomic E-state index is 0.294. The van der Waals surface area contributed by atoms with Crippen molar-refractivity contribution in [3.8, 4) is 5.75 Å². The maximum absolute atomic E-state index is 8.69. The molecule has 0 saturated carbocycles. The number of benzene rings is 1. The Labute approximate surface area is 110 Å². The van der Waals surface area contributed by atoms with Crippen molar-refractivity contribution in [3.63, 3.8) is 0 Å². The molecular formula is C15H25NO2. The summed E-state index contributed by atoms with van der Waals surface area (Å²) in [6.07, 6.45) is 4.14. The van der Waals surface area contributed by atoms with Gasteiger partial charge in [-0.25, -0.2) is 0 Å². The Kier molecular flexibility index (Phi) is 7.46. The Balaban J connectivity index is 2.18. The van der Waals surface area contributed by atoms with Gasteiger partial charge < -0.3 is 15.2 Å². The minimum Gasteiger partial charge on any atom is -0.497 e. The number of nitrogens with one attached hydrogen (secondary N) is 1. The summed E-state index contributed by atoms with van der Waals surface area (Å²) in [6, 6.07) is 8.78. The molecule has 1 aromatic carbocycles. The smallest absolute Gasteiger partial charge is 0.118 e. The first-order valence-electron chi connectivity index (χ1n) is 6.73. The van der Waals surface area contributed by atoms with E-state index in [2.05, 4.69) is 24.4 Å². The fourth-order valence-electron chi connectivity index (χ4n) is 1.86. The van der Waals surface area contributed by atoms with Crippen molar-refractivity contribution in [2.75, 3.05) is 20.3 Å². The van der Waals surface area contributed by atoms with E-state index in [0.717, 1.165) is 38.0 Å². The Bertz CT molecular complexity index is 311. The zero-order valence-electron chi connectivity index (χ0n) is 11.5. The molecule has 0 aliphatic rings. The van der Waals surface area contributed by atoms with Gasteiger partial charge >= 0.3 is 0 Å². The molecule has 1 aromatic rings. The van der Waals surface area contributed by atoms with Crippen molar-refractivity contribution in [2.45, 2.75) is 38.6 Å². The summed E-state index contributed by atoms with van der Waals surface area (Å²) in [6.45, 7) is 3.49. The van der Waals surface area contributed by atoms with Gasteiger partial charge in [0.25, 0.3) is 0 Å². The third kappa shape index (κ3) is 6.03. The first-order chi connectivity index (χ1) is 8.76. The van der Waals surface area contributed by atoms with Gasteiger partial charge in [0, 0.05) is 12.6 Å². The van der Waals surface area contributed by atoms with E-state index >= 15 is 0 Å². The highest BCUT2D eigenvalue weighted by atomic mass is 16.5. The normalized spacial score (nSPS) is 12.4. The van der Waals surface area contributed by atoms with Gasteiger partial charge in [0.2, 0.25) is 0 Å². The molecule has 0 aliphatic carbocycles. The van der Waals surface area contributed by atoms with E-state index in [-0.39, 0.29) is 0 Å². The van der Waals surface area contributed by atoms with Crippen molar-refractivity contribution >= 4 is 0 Å². The van der Waals surface area contributed by atoms with Crippen LogP contribution in [-0.2, 0) is 6.42 Å². The largest absolute Gasteiger partial charge is 0.497 e. The van der Waals surface area contributed by atoms with Gasteiger partial charge in [-0.15, -0.1) is 0 Å². The van der Waals surface area contributed by atoms with Crippen molar-refractivity contribution in [3.05, 3.63) is 29.8 Å². The van der Waals surface area contributed by atoms with Gasteiger partial charge in [0.15, 0.2) is 0 Å². The quantitative estimate of drug-likeness (QED) is 0.662. The van der Waals surface area contributed by atoms with Gasteiger partial charge in [-0.1, -0.05) is 12.1 Å². The lowest BCUT2D eigenvalue weighted by Gasteiger charge is -2.13. The number of unbranched alkanes of at least 4 members (excludes halogenated alkanes) is 1. The number of aliphatic hydroxyl groups excluding tert-OH is 1. The average molecular weight is 251 g/mol. The second-order valence-corrected chi connectivity index (χ2v) is 4.67. The molecule has 1 rings (SSSR count). The zero-order chi connectivity index (χ0) is 13.2. The topological polar surface area (TPSA) is 41.5 Å². The fraction of sp³-hybridized carbons (Fsp3) is 0.600. The van der Waals surface area contributed by atoms with Crippen LogP contribution in [0.15, 0.2) is 24.3 Å². The summed E-state index contributed by atoms with van der Waals surface area (Å²) in [7, 11) is 1.69. The first-order valence-corrected chi connectivity index (χ1v) is 6.73. The molecule has 0 spiro atoms. The molecule has 0 bridgehead atoms. The molecule has 18 heavy (non-hydrogen) atoms. The lowest BCUT2D eigenvalue weighted by molar-refractivity contribution is 0.282. The number of hydrogen-bond donors (Lipinski definition) is 2. The van der Waals surface area contributed by atoms with Crippen LogP contribution in [0.1, 0.15) is 31.7 Å². The highest BCUT2D eigenvalue weighted by molar-refractivity contribution is 5.27. The van der Waals surface area contributed by atoms with E-state index in [1.807, 2.05) is 12.1 Å². The fourth-order valence-corrected chi connectivity index (χ4v) is 1.86. The summed E-state index contributed by atoms with van der Waals surface area (Å²) >= 11 is 0. The molecule has 0 aliphatic heterocycles. The van der Waals surface area contributed by atoms with Crippen LogP contribution in [-0.4, -0.2) is 31.4 Å². The summed E-state index contributed by atoms with van der Waals surface area (Å²) in [4.78, 5) is 0. The van der Waals surface area contributed by atoms with Gasteiger partial charge in [-0.3, -0.25) is 0 Å². The SMILES string of the molecule is COc1ccc(CCC(C)NCCCCO)cc1. The highest BCUT2D eigenvalue weighted by Crippen LogP contribution is 2.13. The monoisotopic (exact) mass is 251 g/mol. The number of ether oxygens (including phenoxy) is 1. The molecule has 0 fully saturated rings. The number of aryl methyl sites for hydroxylation is 1. The van der Waals surface area contributed by atoms with Crippen LogP contribution in [0.3, 0.4) is 0 Å². The number of methoxy groups -OCH3 is 1. The Morgan fingerprint density at radius 3 is 2.56 bits per heavy atom. The van der Waals surface area contributed by atoms with Crippen LogP contribution in [0.25, 0.3) is 0 Å². The lowest BCUT2D eigenvalue weighted by atomic mass is 10.1. The number of rotatable bonds is 9.